The van der Waals surface area contributed by atoms with E-state index in [0.717, 1.165) is 12.5 Å². The van der Waals surface area contributed by atoms with Gasteiger partial charge in [-0.25, -0.2) is 0 Å². The van der Waals surface area contributed by atoms with Crippen LogP contribution in [-0.4, -0.2) is 12.2 Å². The van der Waals surface area contributed by atoms with Crippen LogP contribution in [0.1, 0.15) is 129 Å². The van der Waals surface area contributed by atoms with Gasteiger partial charge in [0.1, 0.15) is 0 Å². The number of hydrogen-bond acceptors (Lipinski definition) is 1. The number of unbranched alkanes of at least 4 members (excludes halogenated alkanes) is 9. The molecule has 142 valence electrons. The normalized spacial score (nSPS) is 25.9. The molecule has 0 aromatic heterocycles. The van der Waals surface area contributed by atoms with Crippen molar-refractivity contribution in [1.29, 1.82) is 0 Å². The maximum absolute atomic E-state index is 6.49. The quantitative estimate of drug-likeness (QED) is 0.330. The molecule has 0 N–H and O–H groups in total. The molecule has 1 saturated carbocycles. The molecule has 1 saturated heterocycles. The lowest BCUT2D eigenvalue weighted by molar-refractivity contribution is -0.130. The SMILES string of the molecule is CCCCCCCCCCCCC1(C2CCCCC2)CCCCO1. The summed E-state index contributed by atoms with van der Waals surface area (Å²) in [7, 11) is 0. The van der Waals surface area contributed by atoms with Gasteiger partial charge in [0, 0.05) is 6.61 Å². The van der Waals surface area contributed by atoms with E-state index < -0.39 is 0 Å². The lowest BCUT2D eigenvalue weighted by Crippen LogP contribution is -2.44. The highest BCUT2D eigenvalue weighted by molar-refractivity contribution is 4.91. The minimum absolute atomic E-state index is 0.290. The zero-order valence-electron chi connectivity index (χ0n) is 16.6. The Morgan fingerprint density at radius 1 is 0.708 bits per heavy atom. The summed E-state index contributed by atoms with van der Waals surface area (Å²) >= 11 is 0. The highest BCUT2D eigenvalue weighted by atomic mass is 16.5. The fourth-order valence-electron chi connectivity index (χ4n) is 5.14. The molecule has 1 nitrogen and oxygen atoms in total. The summed E-state index contributed by atoms with van der Waals surface area (Å²) in [6.45, 7) is 3.34. The molecule has 2 rings (SSSR count). The molecular formula is C23H44O. The van der Waals surface area contributed by atoms with Crippen LogP contribution in [-0.2, 0) is 4.74 Å². The molecule has 2 aliphatic rings. The van der Waals surface area contributed by atoms with Gasteiger partial charge in [-0.2, -0.15) is 0 Å². The van der Waals surface area contributed by atoms with Crippen molar-refractivity contribution in [2.45, 2.75) is 135 Å². The summed E-state index contributed by atoms with van der Waals surface area (Å²) in [5.41, 5.74) is 0.290. The monoisotopic (exact) mass is 336 g/mol. The smallest absolute Gasteiger partial charge is 0.0710 e. The fraction of sp³-hybridized carbons (Fsp3) is 1.00. The third kappa shape index (κ3) is 7.06. The molecule has 1 heteroatoms. The van der Waals surface area contributed by atoms with Gasteiger partial charge in [0.2, 0.25) is 0 Å². The molecule has 0 aromatic carbocycles. The van der Waals surface area contributed by atoms with E-state index in [9.17, 15) is 0 Å². The van der Waals surface area contributed by atoms with E-state index in [2.05, 4.69) is 6.92 Å². The predicted octanol–water partition coefficient (Wildman–Crippen LogP) is 7.82. The van der Waals surface area contributed by atoms with Crippen LogP contribution in [0.4, 0.5) is 0 Å². The van der Waals surface area contributed by atoms with Gasteiger partial charge in [-0.05, 0) is 44.4 Å². The van der Waals surface area contributed by atoms with Crippen molar-refractivity contribution in [1.82, 2.24) is 0 Å². The minimum Gasteiger partial charge on any atom is -0.375 e. The molecule has 0 spiro atoms. The molecule has 1 heterocycles. The van der Waals surface area contributed by atoms with Crippen LogP contribution in [0.15, 0.2) is 0 Å². The second-order valence-electron chi connectivity index (χ2n) is 8.64. The third-order valence-corrected chi connectivity index (χ3v) is 6.69. The van der Waals surface area contributed by atoms with Crippen LogP contribution in [0.5, 0.6) is 0 Å². The van der Waals surface area contributed by atoms with Crippen LogP contribution < -0.4 is 0 Å². The Kier molecular flexibility index (Phi) is 10.4. The van der Waals surface area contributed by atoms with E-state index in [4.69, 9.17) is 4.74 Å². The third-order valence-electron chi connectivity index (χ3n) is 6.69. The molecule has 0 radical (unpaired) electrons. The van der Waals surface area contributed by atoms with Crippen molar-refractivity contribution in [2.24, 2.45) is 5.92 Å². The zero-order chi connectivity index (χ0) is 16.9. The van der Waals surface area contributed by atoms with Crippen molar-refractivity contribution in [3.8, 4) is 0 Å². The maximum Gasteiger partial charge on any atom is 0.0710 e. The van der Waals surface area contributed by atoms with E-state index in [0.29, 0.717) is 5.60 Å². The van der Waals surface area contributed by atoms with Gasteiger partial charge >= 0.3 is 0 Å². The van der Waals surface area contributed by atoms with Crippen LogP contribution >= 0.6 is 0 Å². The molecule has 24 heavy (non-hydrogen) atoms. The van der Waals surface area contributed by atoms with Crippen LogP contribution in [0.3, 0.4) is 0 Å². The van der Waals surface area contributed by atoms with Crippen LogP contribution in [0, 0.1) is 5.92 Å². The summed E-state index contributed by atoms with van der Waals surface area (Å²) in [5, 5.41) is 0. The Morgan fingerprint density at radius 3 is 1.92 bits per heavy atom. The van der Waals surface area contributed by atoms with Crippen molar-refractivity contribution < 1.29 is 4.74 Å². The van der Waals surface area contributed by atoms with Gasteiger partial charge in [0.25, 0.3) is 0 Å². The largest absolute Gasteiger partial charge is 0.375 e. The second-order valence-corrected chi connectivity index (χ2v) is 8.64. The average molecular weight is 337 g/mol. The molecular weight excluding hydrogens is 292 g/mol. The highest BCUT2D eigenvalue weighted by Gasteiger charge is 2.40. The van der Waals surface area contributed by atoms with E-state index in [-0.39, 0.29) is 0 Å². The molecule has 1 aliphatic heterocycles. The fourth-order valence-corrected chi connectivity index (χ4v) is 5.14. The number of rotatable bonds is 12. The first-order valence-corrected chi connectivity index (χ1v) is 11.5. The van der Waals surface area contributed by atoms with E-state index in [1.807, 2.05) is 0 Å². The highest BCUT2D eigenvalue weighted by Crippen LogP contribution is 2.43. The summed E-state index contributed by atoms with van der Waals surface area (Å²) in [6.07, 6.45) is 27.1. The van der Waals surface area contributed by atoms with Gasteiger partial charge in [0.15, 0.2) is 0 Å². The summed E-state index contributed by atoms with van der Waals surface area (Å²) in [4.78, 5) is 0. The number of hydrogen-bond donors (Lipinski definition) is 0. The zero-order valence-corrected chi connectivity index (χ0v) is 16.6. The van der Waals surface area contributed by atoms with E-state index >= 15 is 0 Å². The van der Waals surface area contributed by atoms with E-state index in [1.54, 1.807) is 0 Å². The summed E-state index contributed by atoms with van der Waals surface area (Å²) in [6, 6.07) is 0. The molecule has 0 aromatic rings. The Bertz CT molecular complexity index is 286. The predicted molar refractivity (Wildman–Crippen MR) is 106 cm³/mol. The van der Waals surface area contributed by atoms with Gasteiger partial charge in [-0.1, -0.05) is 90.4 Å². The van der Waals surface area contributed by atoms with Crippen molar-refractivity contribution in [3.05, 3.63) is 0 Å². The first-order valence-electron chi connectivity index (χ1n) is 11.5. The Balaban J connectivity index is 1.57. The van der Waals surface area contributed by atoms with Crippen molar-refractivity contribution in [3.63, 3.8) is 0 Å². The lowest BCUT2D eigenvalue weighted by atomic mass is 9.71. The molecule has 0 bridgehead atoms. The first kappa shape index (κ1) is 20.3. The molecule has 2 fully saturated rings. The standard InChI is InChI=1S/C23H44O/c1-2-3-4-5-6-7-8-9-10-14-19-23(20-15-16-21-24-23)22-17-12-11-13-18-22/h22H,2-21H2,1H3. The van der Waals surface area contributed by atoms with E-state index in [1.165, 1.54) is 122 Å². The van der Waals surface area contributed by atoms with Gasteiger partial charge in [-0.15, -0.1) is 0 Å². The Morgan fingerprint density at radius 2 is 1.33 bits per heavy atom. The first-order chi connectivity index (χ1) is 11.9. The Labute approximate surface area is 152 Å². The lowest BCUT2D eigenvalue weighted by Gasteiger charge is -2.45. The maximum atomic E-state index is 6.49. The minimum atomic E-state index is 0.290. The average Bonchev–Trinajstić information content (AvgIpc) is 2.65. The molecule has 0 amide bonds. The second kappa shape index (κ2) is 12.3. The van der Waals surface area contributed by atoms with Gasteiger partial charge in [-0.3, -0.25) is 0 Å². The summed E-state index contributed by atoms with van der Waals surface area (Å²) in [5.74, 6) is 0.880. The van der Waals surface area contributed by atoms with Crippen LogP contribution in [0.25, 0.3) is 0 Å². The Hall–Kier alpha value is -0.0400. The van der Waals surface area contributed by atoms with Gasteiger partial charge in [0.05, 0.1) is 5.60 Å². The topological polar surface area (TPSA) is 9.23 Å². The molecule has 1 unspecified atom stereocenters. The molecule has 1 atom stereocenters. The number of ether oxygens (including phenoxy) is 1. The van der Waals surface area contributed by atoms with Crippen molar-refractivity contribution >= 4 is 0 Å². The van der Waals surface area contributed by atoms with Crippen LogP contribution in [0.2, 0.25) is 0 Å². The molecule has 1 aliphatic carbocycles. The summed E-state index contributed by atoms with van der Waals surface area (Å²) < 4.78 is 6.49. The van der Waals surface area contributed by atoms with Gasteiger partial charge < -0.3 is 4.74 Å². The van der Waals surface area contributed by atoms with Crippen molar-refractivity contribution in [2.75, 3.05) is 6.61 Å².